The molecule has 2 heterocycles. The maximum atomic E-state index is 11.9. The van der Waals surface area contributed by atoms with Gasteiger partial charge in [0, 0.05) is 30.4 Å². The molecule has 0 radical (unpaired) electrons. The van der Waals surface area contributed by atoms with Gasteiger partial charge in [0.2, 0.25) is 0 Å². The number of hydrogen-bond donors (Lipinski definition) is 1. The fraction of sp³-hybridized carbons (Fsp3) is 0.231. The first-order valence-corrected chi connectivity index (χ1v) is 6.61. The molecule has 92 valence electrons. The average Bonchev–Trinajstić information content (AvgIpc) is 2.95. The Bertz CT molecular complexity index is 580. The molecule has 3 rings (SSSR count). The molecule has 0 spiro atoms. The van der Waals surface area contributed by atoms with Crippen LogP contribution >= 0.6 is 11.3 Å². The Labute approximate surface area is 109 Å². The minimum absolute atomic E-state index is 0.142. The summed E-state index contributed by atoms with van der Waals surface area (Å²) in [6.45, 7) is 1.92. The van der Waals surface area contributed by atoms with Gasteiger partial charge in [0.25, 0.3) is 5.91 Å². The molecule has 0 saturated carbocycles. The van der Waals surface area contributed by atoms with Gasteiger partial charge in [-0.05, 0) is 30.3 Å². The summed E-state index contributed by atoms with van der Waals surface area (Å²) in [5, 5.41) is 5.17. The van der Waals surface area contributed by atoms with Gasteiger partial charge >= 0.3 is 0 Å². The highest BCUT2D eigenvalue weighted by atomic mass is 32.1. The van der Waals surface area contributed by atoms with E-state index in [1.54, 1.807) is 11.6 Å². The van der Waals surface area contributed by atoms with Crippen LogP contribution in [0.2, 0.25) is 0 Å². The lowest BCUT2D eigenvalue weighted by molar-refractivity contribution is 0.102. The van der Waals surface area contributed by atoms with Crippen molar-refractivity contribution in [3.05, 3.63) is 45.9 Å². The summed E-state index contributed by atoms with van der Waals surface area (Å²) < 4.78 is 0. The van der Waals surface area contributed by atoms with Crippen LogP contribution in [-0.4, -0.2) is 22.8 Å². The van der Waals surface area contributed by atoms with Gasteiger partial charge in [0.05, 0.1) is 0 Å². The van der Waals surface area contributed by atoms with Crippen LogP contribution < -0.4 is 5.32 Å². The molecule has 4 nitrogen and oxygen atoms in total. The Balaban J connectivity index is 1.78. The number of nitrogens with zero attached hydrogens (tertiary/aromatic N) is 2. The summed E-state index contributed by atoms with van der Waals surface area (Å²) in [6.07, 6.45) is 1.64. The summed E-state index contributed by atoms with van der Waals surface area (Å²) >= 11 is 1.34. The first-order chi connectivity index (χ1) is 8.72. The number of carbonyl (C=O) groups excluding carboxylic acids is 1. The van der Waals surface area contributed by atoms with E-state index in [0.717, 1.165) is 18.8 Å². The van der Waals surface area contributed by atoms with Gasteiger partial charge in [-0.15, -0.1) is 11.3 Å². The Morgan fingerprint density at radius 2 is 2.22 bits per heavy atom. The third kappa shape index (κ3) is 2.14. The molecule has 0 saturated heterocycles. The first kappa shape index (κ1) is 11.4. The molecule has 2 aromatic rings. The fourth-order valence-corrected chi connectivity index (χ4v) is 2.69. The smallest absolute Gasteiger partial charge is 0.284 e. The topological polar surface area (TPSA) is 45.2 Å². The van der Waals surface area contributed by atoms with Crippen LogP contribution in [-0.2, 0) is 13.1 Å². The van der Waals surface area contributed by atoms with Crippen LogP contribution in [0.25, 0.3) is 0 Å². The molecule has 1 aromatic carbocycles. The van der Waals surface area contributed by atoms with E-state index in [4.69, 9.17) is 0 Å². The second-order valence-electron chi connectivity index (χ2n) is 4.45. The number of anilines is 1. The summed E-state index contributed by atoms with van der Waals surface area (Å²) in [5.74, 6) is -0.142. The van der Waals surface area contributed by atoms with Crippen molar-refractivity contribution in [2.45, 2.75) is 13.1 Å². The van der Waals surface area contributed by atoms with E-state index in [0.29, 0.717) is 5.01 Å². The molecule has 18 heavy (non-hydrogen) atoms. The van der Waals surface area contributed by atoms with Crippen molar-refractivity contribution in [1.82, 2.24) is 9.88 Å². The molecule has 0 unspecified atom stereocenters. The second-order valence-corrected chi connectivity index (χ2v) is 5.34. The van der Waals surface area contributed by atoms with Gasteiger partial charge in [-0.2, -0.15) is 0 Å². The van der Waals surface area contributed by atoms with Crippen LogP contribution in [0.3, 0.4) is 0 Å². The van der Waals surface area contributed by atoms with Crippen molar-refractivity contribution < 1.29 is 4.79 Å². The second kappa shape index (κ2) is 4.51. The van der Waals surface area contributed by atoms with E-state index < -0.39 is 0 Å². The molecule has 0 atom stereocenters. The summed E-state index contributed by atoms with van der Waals surface area (Å²) in [5.41, 5.74) is 3.46. The lowest BCUT2D eigenvalue weighted by Gasteiger charge is -2.05. The number of benzene rings is 1. The van der Waals surface area contributed by atoms with Crippen molar-refractivity contribution in [3.63, 3.8) is 0 Å². The maximum absolute atomic E-state index is 11.9. The predicted octanol–water partition coefficient (Wildman–Crippen LogP) is 2.34. The van der Waals surface area contributed by atoms with E-state index in [1.165, 1.54) is 22.5 Å². The minimum Gasteiger partial charge on any atom is -0.320 e. The Hall–Kier alpha value is -1.72. The quantitative estimate of drug-likeness (QED) is 0.900. The molecule has 1 amide bonds. The average molecular weight is 259 g/mol. The molecule has 1 aliphatic heterocycles. The predicted molar refractivity (Wildman–Crippen MR) is 71.7 cm³/mol. The normalized spacial score (nSPS) is 14.5. The van der Waals surface area contributed by atoms with E-state index in [2.05, 4.69) is 28.3 Å². The monoisotopic (exact) mass is 259 g/mol. The third-order valence-electron chi connectivity index (χ3n) is 2.97. The first-order valence-electron chi connectivity index (χ1n) is 5.73. The molecule has 1 aromatic heterocycles. The number of carbonyl (C=O) groups is 1. The Morgan fingerprint density at radius 3 is 3.00 bits per heavy atom. The molecule has 0 aliphatic carbocycles. The van der Waals surface area contributed by atoms with Crippen LogP contribution in [0.4, 0.5) is 5.69 Å². The number of rotatable bonds is 2. The Morgan fingerprint density at radius 1 is 1.39 bits per heavy atom. The number of hydrogen-bond acceptors (Lipinski definition) is 4. The van der Waals surface area contributed by atoms with Gasteiger partial charge in [-0.25, -0.2) is 4.98 Å². The molecule has 1 aliphatic rings. The largest absolute Gasteiger partial charge is 0.320 e. The lowest BCUT2D eigenvalue weighted by Crippen LogP contribution is -2.11. The molecular formula is C13H13N3OS. The molecular weight excluding hydrogens is 246 g/mol. The zero-order valence-corrected chi connectivity index (χ0v) is 10.8. The summed E-state index contributed by atoms with van der Waals surface area (Å²) in [7, 11) is 2.09. The summed E-state index contributed by atoms with van der Waals surface area (Å²) in [6, 6.07) is 6.07. The van der Waals surface area contributed by atoms with E-state index in [-0.39, 0.29) is 5.91 Å². The number of thiazole rings is 1. The van der Waals surface area contributed by atoms with Crippen molar-refractivity contribution in [1.29, 1.82) is 0 Å². The van der Waals surface area contributed by atoms with Gasteiger partial charge < -0.3 is 5.32 Å². The molecule has 1 N–H and O–H groups in total. The van der Waals surface area contributed by atoms with Crippen molar-refractivity contribution >= 4 is 22.9 Å². The van der Waals surface area contributed by atoms with Gasteiger partial charge in [0.15, 0.2) is 5.01 Å². The lowest BCUT2D eigenvalue weighted by atomic mass is 10.1. The van der Waals surface area contributed by atoms with Crippen molar-refractivity contribution in [3.8, 4) is 0 Å². The fourth-order valence-electron chi connectivity index (χ4n) is 2.16. The van der Waals surface area contributed by atoms with Gasteiger partial charge in [-0.3, -0.25) is 9.69 Å². The zero-order chi connectivity index (χ0) is 12.5. The molecule has 0 bridgehead atoms. The third-order valence-corrected chi connectivity index (χ3v) is 3.74. The number of amides is 1. The SMILES string of the molecule is CN1Cc2ccc(NC(=O)c3nccs3)cc2C1. The summed E-state index contributed by atoms with van der Waals surface area (Å²) in [4.78, 5) is 18.1. The van der Waals surface area contributed by atoms with Gasteiger partial charge in [0.1, 0.15) is 0 Å². The van der Waals surface area contributed by atoms with Crippen LogP contribution in [0.5, 0.6) is 0 Å². The highest BCUT2D eigenvalue weighted by molar-refractivity contribution is 7.11. The maximum Gasteiger partial charge on any atom is 0.284 e. The van der Waals surface area contributed by atoms with Crippen LogP contribution in [0.1, 0.15) is 20.9 Å². The minimum atomic E-state index is -0.142. The standard InChI is InChI=1S/C13H13N3OS/c1-16-7-9-2-3-11(6-10(9)8-16)15-12(17)13-14-4-5-18-13/h2-6H,7-8H2,1H3,(H,15,17). The van der Waals surface area contributed by atoms with Crippen molar-refractivity contribution in [2.75, 3.05) is 12.4 Å². The van der Waals surface area contributed by atoms with Crippen LogP contribution in [0, 0.1) is 0 Å². The highest BCUT2D eigenvalue weighted by Gasteiger charge is 2.16. The number of aromatic nitrogens is 1. The Kier molecular flexibility index (Phi) is 2.85. The van der Waals surface area contributed by atoms with Gasteiger partial charge in [-0.1, -0.05) is 6.07 Å². The molecule has 0 fully saturated rings. The van der Waals surface area contributed by atoms with E-state index >= 15 is 0 Å². The molecule has 5 heteroatoms. The van der Waals surface area contributed by atoms with E-state index in [1.807, 2.05) is 12.1 Å². The van der Waals surface area contributed by atoms with Crippen LogP contribution in [0.15, 0.2) is 29.8 Å². The number of nitrogens with one attached hydrogen (secondary N) is 1. The van der Waals surface area contributed by atoms with E-state index in [9.17, 15) is 4.79 Å². The number of fused-ring (bicyclic) bond motifs is 1. The zero-order valence-electron chi connectivity index (χ0n) is 10.0. The van der Waals surface area contributed by atoms with Crippen molar-refractivity contribution in [2.24, 2.45) is 0 Å². The highest BCUT2D eigenvalue weighted by Crippen LogP contribution is 2.24.